The lowest BCUT2D eigenvalue weighted by atomic mass is 10.0. The van der Waals surface area contributed by atoms with Crippen molar-refractivity contribution in [2.24, 2.45) is 0 Å². The van der Waals surface area contributed by atoms with Crippen molar-refractivity contribution in [3.8, 4) is 0 Å². The Bertz CT molecular complexity index is 373. The molecule has 1 aromatic heterocycles. The predicted octanol–water partition coefficient (Wildman–Crippen LogP) is 3.73. The number of rotatable bonds is 5. The minimum absolute atomic E-state index is 0.114. The van der Waals surface area contributed by atoms with Gasteiger partial charge in [0.15, 0.2) is 0 Å². The van der Waals surface area contributed by atoms with Crippen LogP contribution in [0, 0.1) is 6.92 Å². The average Bonchev–Trinajstić information content (AvgIpc) is 2.28. The van der Waals surface area contributed by atoms with Gasteiger partial charge in [-0.25, -0.2) is 9.97 Å². The monoisotopic (exact) mass is 255 g/mol. The van der Waals surface area contributed by atoms with Crippen LogP contribution < -0.4 is 5.32 Å². The zero-order valence-corrected chi connectivity index (χ0v) is 12.1. The van der Waals surface area contributed by atoms with Crippen molar-refractivity contribution in [3.63, 3.8) is 0 Å². The number of hydrogen-bond acceptors (Lipinski definition) is 3. The molecule has 1 aromatic rings. The lowest BCUT2D eigenvalue weighted by Gasteiger charge is -2.28. The summed E-state index contributed by atoms with van der Waals surface area (Å²) in [5.74, 6) is 2.63. The molecule has 0 radical (unpaired) electrons. The highest BCUT2D eigenvalue weighted by molar-refractivity contribution is 6.18. The number of aryl methyl sites for hydroxylation is 1. The van der Waals surface area contributed by atoms with Gasteiger partial charge in [0, 0.05) is 29.1 Å². The summed E-state index contributed by atoms with van der Waals surface area (Å²) < 4.78 is 0. The second-order valence-corrected chi connectivity index (χ2v) is 5.35. The summed E-state index contributed by atoms with van der Waals surface area (Å²) in [6.07, 6.45) is 0.955. The van der Waals surface area contributed by atoms with Gasteiger partial charge < -0.3 is 5.32 Å². The predicted molar refractivity (Wildman–Crippen MR) is 73.9 cm³/mol. The van der Waals surface area contributed by atoms with Crippen LogP contribution in [0.4, 0.5) is 5.82 Å². The zero-order valence-electron chi connectivity index (χ0n) is 11.3. The van der Waals surface area contributed by atoms with E-state index in [0.29, 0.717) is 11.8 Å². The Morgan fingerprint density at radius 2 is 2.06 bits per heavy atom. The highest BCUT2D eigenvalue weighted by atomic mass is 35.5. The van der Waals surface area contributed by atoms with Crippen LogP contribution in [0.15, 0.2) is 6.07 Å². The van der Waals surface area contributed by atoms with E-state index in [0.717, 1.165) is 23.8 Å². The van der Waals surface area contributed by atoms with E-state index in [9.17, 15) is 0 Å². The van der Waals surface area contributed by atoms with E-state index in [2.05, 4.69) is 43.0 Å². The van der Waals surface area contributed by atoms with E-state index in [1.165, 1.54) is 0 Å². The first-order chi connectivity index (χ1) is 7.90. The molecule has 1 heterocycles. The fraction of sp³-hybridized carbons (Fsp3) is 0.692. The molecule has 1 N–H and O–H groups in total. The molecule has 1 atom stereocenters. The van der Waals surface area contributed by atoms with Crippen LogP contribution in [0.3, 0.4) is 0 Å². The maximum atomic E-state index is 6.00. The number of anilines is 1. The third-order valence-electron chi connectivity index (χ3n) is 2.89. The molecule has 1 rings (SSSR count). The lowest BCUT2D eigenvalue weighted by Crippen LogP contribution is -2.36. The molecule has 0 amide bonds. The maximum Gasteiger partial charge on any atom is 0.133 e. The van der Waals surface area contributed by atoms with Gasteiger partial charge in [-0.3, -0.25) is 0 Å². The minimum atomic E-state index is -0.114. The van der Waals surface area contributed by atoms with Gasteiger partial charge in [0.2, 0.25) is 0 Å². The van der Waals surface area contributed by atoms with Gasteiger partial charge in [0.05, 0.1) is 0 Å². The van der Waals surface area contributed by atoms with E-state index in [4.69, 9.17) is 11.6 Å². The van der Waals surface area contributed by atoms with Crippen LogP contribution in [-0.2, 0) is 0 Å². The third kappa shape index (κ3) is 3.84. The molecular formula is C13H22ClN3. The first kappa shape index (κ1) is 14.2. The molecule has 96 valence electrons. The van der Waals surface area contributed by atoms with Crippen LogP contribution in [0.5, 0.6) is 0 Å². The second-order valence-electron chi connectivity index (χ2n) is 5.08. The third-order valence-corrected chi connectivity index (χ3v) is 3.48. The Balaban J connectivity index is 2.98. The van der Waals surface area contributed by atoms with Crippen LogP contribution >= 0.6 is 11.6 Å². The molecule has 0 aromatic carbocycles. The Morgan fingerprint density at radius 3 is 2.53 bits per heavy atom. The average molecular weight is 256 g/mol. The zero-order chi connectivity index (χ0) is 13.1. The summed E-state index contributed by atoms with van der Waals surface area (Å²) in [6, 6.07) is 1.96. The van der Waals surface area contributed by atoms with Crippen LogP contribution in [0.1, 0.15) is 51.6 Å². The summed E-state index contributed by atoms with van der Waals surface area (Å²) in [6.45, 7) is 10.4. The normalized spacial score (nSPS) is 14.8. The smallest absolute Gasteiger partial charge is 0.133 e. The molecule has 0 fully saturated rings. The summed E-state index contributed by atoms with van der Waals surface area (Å²) >= 11 is 6.00. The Morgan fingerprint density at radius 1 is 1.41 bits per heavy atom. The topological polar surface area (TPSA) is 37.8 Å². The van der Waals surface area contributed by atoms with Gasteiger partial charge in [-0.15, -0.1) is 11.6 Å². The molecule has 0 aliphatic heterocycles. The fourth-order valence-electron chi connectivity index (χ4n) is 1.44. The van der Waals surface area contributed by atoms with E-state index in [1.54, 1.807) is 0 Å². The van der Waals surface area contributed by atoms with Crippen LogP contribution in [0.25, 0.3) is 0 Å². The Kier molecular flexibility index (Phi) is 4.75. The molecule has 4 heteroatoms. The molecule has 0 bridgehead atoms. The number of hydrogen-bond donors (Lipinski definition) is 1. The van der Waals surface area contributed by atoms with Crippen molar-refractivity contribution in [2.75, 3.05) is 11.2 Å². The summed E-state index contributed by atoms with van der Waals surface area (Å²) in [5, 5.41) is 3.41. The lowest BCUT2D eigenvalue weighted by molar-refractivity contribution is 0.550. The van der Waals surface area contributed by atoms with E-state index in [-0.39, 0.29) is 5.54 Å². The van der Waals surface area contributed by atoms with Gasteiger partial charge in [0.1, 0.15) is 11.6 Å². The van der Waals surface area contributed by atoms with Gasteiger partial charge in [-0.2, -0.15) is 0 Å². The quantitative estimate of drug-likeness (QED) is 0.815. The summed E-state index contributed by atoms with van der Waals surface area (Å²) in [5.41, 5.74) is 0.871. The molecule has 3 nitrogen and oxygen atoms in total. The second kappa shape index (κ2) is 5.67. The number of alkyl halides is 1. The van der Waals surface area contributed by atoms with Crippen molar-refractivity contribution >= 4 is 17.4 Å². The Labute approximate surface area is 109 Å². The van der Waals surface area contributed by atoms with Crippen molar-refractivity contribution in [1.29, 1.82) is 0 Å². The molecular weight excluding hydrogens is 234 g/mol. The van der Waals surface area contributed by atoms with Crippen molar-refractivity contribution in [2.45, 2.75) is 52.5 Å². The van der Waals surface area contributed by atoms with Crippen LogP contribution in [0.2, 0.25) is 0 Å². The molecule has 0 saturated heterocycles. The molecule has 17 heavy (non-hydrogen) atoms. The summed E-state index contributed by atoms with van der Waals surface area (Å²) in [4.78, 5) is 8.96. The standard InChI is InChI=1S/C13H22ClN3/c1-6-13(5,8-14)17-11-7-10(4)15-12(16-11)9(2)3/h7,9H,6,8H2,1-5H3,(H,15,16,17). The van der Waals surface area contributed by atoms with Gasteiger partial charge in [0.25, 0.3) is 0 Å². The Hall–Kier alpha value is -0.830. The number of halogens is 1. The fourth-order valence-corrected chi connectivity index (χ4v) is 1.70. The molecule has 0 spiro atoms. The van der Waals surface area contributed by atoms with Crippen LogP contribution in [-0.4, -0.2) is 21.4 Å². The minimum Gasteiger partial charge on any atom is -0.364 e. The van der Waals surface area contributed by atoms with E-state index in [1.807, 2.05) is 13.0 Å². The van der Waals surface area contributed by atoms with Gasteiger partial charge in [-0.05, 0) is 20.3 Å². The van der Waals surface area contributed by atoms with Gasteiger partial charge >= 0.3 is 0 Å². The largest absolute Gasteiger partial charge is 0.364 e. The summed E-state index contributed by atoms with van der Waals surface area (Å²) in [7, 11) is 0. The highest BCUT2D eigenvalue weighted by Gasteiger charge is 2.21. The highest BCUT2D eigenvalue weighted by Crippen LogP contribution is 2.20. The molecule has 0 saturated carbocycles. The first-order valence-corrected chi connectivity index (χ1v) is 6.63. The van der Waals surface area contributed by atoms with Crippen molar-refractivity contribution in [1.82, 2.24) is 9.97 Å². The van der Waals surface area contributed by atoms with Crippen molar-refractivity contribution in [3.05, 3.63) is 17.6 Å². The van der Waals surface area contributed by atoms with E-state index >= 15 is 0 Å². The number of nitrogens with one attached hydrogen (secondary N) is 1. The number of aromatic nitrogens is 2. The maximum absolute atomic E-state index is 6.00. The number of nitrogens with zero attached hydrogens (tertiary/aromatic N) is 2. The van der Waals surface area contributed by atoms with Gasteiger partial charge in [-0.1, -0.05) is 20.8 Å². The SMILES string of the molecule is CCC(C)(CCl)Nc1cc(C)nc(C(C)C)n1. The molecule has 0 aliphatic carbocycles. The molecule has 1 unspecified atom stereocenters. The molecule has 0 aliphatic rings. The van der Waals surface area contributed by atoms with E-state index < -0.39 is 0 Å². The first-order valence-electron chi connectivity index (χ1n) is 6.10. The van der Waals surface area contributed by atoms with Crippen molar-refractivity contribution < 1.29 is 0 Å².